The molecule has 0 N–H and O–H groups in total. The lowest BCUT2D eigenvalue weighted by molar-refractivity contribution is 0.673. The zero-order valence-electron chi connectivity index (χ0n) is 31.5. The van der Waals surface area contributed by atoms with Gasteiger partial charge in [0.15, 0.2) is 5.82 Å². The maximum Gasteiger partial charge on any atom is 0.162 e. The molecule has 6 nitrogen and oxygen atoms in total. The predicted octanol–water partition coefficient (Wildman–Crippen LogP) is 13.4. The van der Waals surface area contributed by atoms with E-state index in [1.807, 2.05) is 42.5 Å². The van der Waals surface area contributed by atoms with Gasteiger partial charge in [-0.25, -0.2) is 9.97 Å². The van der Waals surface area contributed by atoms with Crippen LogP contribution in [0.25, 0.3) is 111 Å². The second kappa shape index (κ2) is 12.9. The Labute approximate surface area is 338 Å². The van der Waals surface area contributed by atoms with Gasteiger partial charge >= 0.3 is 0 Å². The van der Waals surface area contributed by atoms with Gasteiger partial charge in [0.25, 0.3) is 0 Å². The van der Waals surface area contributed by atoms with E-state index in [2.05, 4.69) is 161 Å². The first kappa shape index (κ1) is 32.9. The maximum atomic E-state index is 9.59. The summed E-state index contributed by atoms with van der Waals surface area (Å²) in [7, 11) is 0. The molecule has 0 aliphatic carbocycles. The molecule has 0 aliphatic heterocycles. The van der Waals surface area contributed by atoms with Crippen molar-refractivity contribution in [3.8, 4) is 51.3 Å². The Balaban J connectivity index is 1.18. The van der Waals surface area contributed by atoms with Crippen molar-refractivity contribution in [2.24, 2.45) is 0 Å². The van der Waals surface area contributed by atoms with Crippen LogP contribution in [0.1, 0.15) is 5.56 Å². The zero-order chi connectivity index (χ0) is 39.0. The molecule has 274 valence electrons. The molecule has 0 saturated heterocycles. The molecule has 0 aliphatic rings. The van der Waals surface area contributed by atoms with E-state index in [1.165, 1.54) is 0 Å². The Bertz CT molecular complexity index is 3660. The minimum Gasteiger partial charge on any atom is -0.455 e. The number of nitriles is 1. The van der Waals surface area contributed by atoms with Crippen molar-refractivity contribution in [1.82, 2.24) is 19.1 Å². The summed E-state index contributed by atoms with van der Waals surface area (Å²) in [5.74, 6) is 1.32. The lowest BCUT2D eigenvalue weighted by atomic mass is 10.0. The summed E-state index contributed by atoms with van der Waals surface area (Å²) in [6.07, 6.45) is 0. The van der Waals surface area contributed by atoms with Gasteiger partial charge in [-0.1, -0.05) is 103 Å². The molecule has 12 rings (SSSR count). The highest BCUT2D eigenvalue weighted by atomic mass is 16.3. The van der Waals surface area contributed by atoms with E-state index in [-0.39, 0.29) is 0 Å². The van der Waals surface area contributed by atoms with E-state index < -0.39 is 0 Å². The molecule has 0 saturated carbocycles. The lowest BCUT2D eigenvalue weighted by Gasteiger charge is -2.13. The number of nitrogens with zero attached hydrogens (tertiary/aromatic N) is 5. The Morgan fingerprint density at radius 2 is 1.14 bits per heavy atom. The average molecular weight is 754 g/mol. The number of rotatable bonds is 5. The predicted molar refractivity (Wildman–Crippen MR) is 239 cm³/mol. The van der Waals surface area contributed by atoms with Crippen molar-refractivity contribution in [1.29, 1.82) is 5.26 Å². The summed E-state index contributed by atoms with van der Waals surface area (Å²) in [5.41, 5.74) is 12.5. The summed E-state index contributed by atoms with van der Waals surface area (Å²) in [6.45, 7) is 0. The molecule has 0 atom stereocenters. The smallest absolute Gasteiger partial charge is 0.162 e. The normalized spacial score (nSPS) is 11.7. The first-order chi connectivity index (χ1) is 29.2. The minimum absolute atomic E-state index is 0.574. The van der Waals surface area contributed by atoms with Crippen molar-refractivity contribution >= 4 is 65.6 Å². The molecular formula is C53H31N5O. The molecule has 0 amide bonds. The Morgan fingerprint density at radius 1 is 0.458 bits per heavy atom. The molecule has 12 aromatic rings. The van der Waals surface area contributed by atoms with E-state index in [4.69, 9.17) is 14.4 Å². The van der Waals surface area contributed by atoms with Gasteiger partial charge in [0.1, 0.15) is 17.0 Å². The summed E-state index contributed by atoms with van der Waals surface area (Å²) < 4.78 is 11.4. The van der Waals surface area contributed by atoms with Crippen LogP contribution in [-0.4, -0.2) is 19.1 Å². The average Bonchev–Trinajstić information content (AvgIpc) is 3.97. The van der Waals surface area contributed by atoms with Crippen molar-refractivity contribution in [2.45, 2.75) is 0 Å². The van der Waals surface area contributed by atoms with Crippen LogP contribution in [0.15, 0.2) is 192 Å². The van der Waals surface area contributed by atoms with Crippen molar-refractivity contribution < 1.29 is 4.42 Å². The third-order valence-electron chi connectivity index (χ3n) is 11.6. The highest BCUT2D eigenvalue weighted by molar-refractivity contribution is 6.31. The first-order valence-electron chi connectivity index (χ1n) is 19.6. The third-order valence-corrected chi connectivity index (χ3v) is 11.6. The van der Waals surface area contributed by atoms with Crippen LogP contribution >= 0.6 is 0 Å². The number of fused-ring (bicyclic) bond motifs is 11. The zero-order valence-corrected chi connectivity index (χ0v) is 31.5. The van der Waals surface area contributed by atoms with E-state index in [0.29, 0.717) is 11.4 Å². The fraction of sp³-hybridized carbons (Fsp3) is 0. The molecule has 0 bridgehead atoms. The lowest BCUT2D eigenvalue weighted by Crippen LogP contribution is -2.02. The van der Waals surface area contributed by atoms with Crippen LogP contribution in [0.5, 0.6) is 0 Å². The fourth-order valence-corrected chi connectivity index (χ4v) is 8.92. The molecule has 6 heteroatoms. The van der Waals surface area contributed by atoms with Gasteiger partial charge in [-0.3, -0.25) is 4.57 Å². The molecule has 4 aromatic heterocycles. The van der Waals surface area contributed by atoms with Crippen LogP contribution in [-0.2, 0) is 0 Å². The van der Waals surface area contributed by atoms with E-state index in [1.54, 1.807) is 0 Å². The van der Waals surface area contributed by atoms with Crippen LogP contribution in [0.4, 0.5) is 0 Å². The highest BCUT2D eigenvalue weighted by Crippen LogP contribution is 2.45. The summed E-state index contributed by atoms with van der Waals surface area (Å²) in [6, 6.07) is 67.1. The monoisotopic (exact) mass is 753 g/mol. The number of hydrogen-bond donors (Lipinski definition) is 0. The highest BCUT2D eigenvalue weighted by Gasteiger charge is 2.24. The molecule has 0 radical (unpaired) electrons. The second-order valence-corrected chi connectivity index (χ2v) is 14.9. The van der Waals surface area contributed by atoms with E-state index in [9.17, 15) is 5.26 Å². The molecule has 0 unspecified atom stereocenters. The summed E-state index contributed by atoms with van der Waals surface area (Å²) in [5, 5.41) is 16.2. The van der Waals surface area contributed by atoms with Crippen LogP contribution in [0, 0.1) is 11.3 Å². The number of furan rings is 1. The molecular weight excluding hydrogens is 723 g/mol. The van der Waals surface area contributed by atoms with Crippen molar-refractivity contribution in [3.05, 3.63) is 194 Å². The quantitative estimate of drug-likeness (QED) is 0.175. The Kier molecular flexibility index (Phi) is 7.19. The summed E-state index contributed by atoms with van der Waals surface area (Å²) >= 11 is 0. The minimum atomic E-state index is 0.574. The first-order valence-corrected chi connectivity index (χ1v) is 19.6. The van der Waals surface area contributed by atoms with Gasteiger partial charge in [-0.2, -0.15) is 5.26 Å². The van der Waals surface area contributed by atoms with Gasteiger partial charge in [0.05, 0.1) is 44.8 Å². The van der Waals surface area contributed by atoms with Gasteiger partial charge in [-0.05, 0) is 90.0 Å². The largest absolute Gasteiger partial charge is 0.455 e. The SMILES string of the molecule is N#Cc1ccc(-c2nc(-c3cccc(-c4ccccc4)c3)cc(-n3c4ccccc4c4c3ccc3c5c6oc7ccccc7c6ccc5n(-c5ccccc5)c34)n2)cc1. The molecule has 0 fully saturated rings. The fourth-order valence-electron chi connectivity index (χ4n) is 8.92. The number of aromatic nitrogens is 4. The molecule has 8 aromatic carbocycles. The van der Waals surface area contributed by atoms with Gasteiger partial charge in [0.2, 0.25) is 0 Å². The summed E-state index contributed by atoms with van der Waals surface area (Å²) in [4.78, 5) is 10.5. The maximum absolute atomic E-state index is 9.59. The van der Waals surface area contributed by atoms with Gasteiger partial charge in [-0.15, -0.1) is 0 Å². The van der Waals surface area contributed by atoms with E-state index >= 15 is 0 Å². The van der Waals surface area contributed by atoms with Crippen molar-refractivity contribution in [2.75, 3.05) is 0 Å². The van der Waals surface area contributed by atoms with Gasteiger partial charge in [0, 0.05) is 49.8 Å². The molecule has 59 heavy (non-hydrogen) atoms. The molecule has 0 spiro atoms. The second-order valence-electron chi connectivity index (χ2n) is 14.9. The number of para-hydroxylation sites is 3. The molecule has 4 heterocycles. The van der Waals surface area contributed by atoms with Crippen molar-refractivity contribution in [3.63, 3.8) is 0 Å². The number of hydrogen-bond acceptors (Lipinski definition) is 4. The van der Waals surface area contributed by atoms with Gasteiger partial charge < -0.3 is 8.98 Å². The van der Waals surface area contributed by atoms with Crippen LogP contribution in [0.3, 0.4) is 0 Å². The van der Waals surface area contributed by atoms with Crippen LogP contribution < -0.4 is 0 Å². The van der Waals surface area contributed by atoms with Crippen LogP contribution in [0.2, 0.25) is 0 Å². The Hall–Kier alpha value is -8.27. The standard InChI is InChI=1S/C53H31N5O/c54-32-33-22-24-35(25-23-33)53-55-43(37-15-11-14-36(30-37)34-12-3-1-4-13-34)31-48(56-53)58-44-20-9-7-19-41(44)49-45(58)29-27-42-50-46(57(51(42)49)38-16-5-2-6-17-38)28-26-40-39-18-8-10-21-47(39)59-52(40)50/h1-31H. The third kappa shape index (κ3) is 5.05. The van der Waals surface area contributed by atoms with E-state index in [0.717, 1.165) is 105 Å². The number of benzene rings is 8. The Morgan fingerprint density at radius 3 is 1.95 bits per heavy atom. The topological polar surface area (TPSA) is 72.6 Å².